The lowest BCUT2D eigenvalue weighted by atomic mass is 10.0. The van der Waals surface area contributed by atoms with Crippen LogP contribution in [0.25, 0.3) is 0 Å². The van der Waals surface area contributed by atoms with E-state index >= 15 is 0 Å². The van der Waals surface area contributed by atoms with Gasteiger partial charge in [-0.05, 0) is 31.6 Å². The Morgan fingerprint density at radius 2 is 2.22 bits per heavy atom. The first-order chi connectivity index (χ1) is 8.25. The van der Waals surface area contributed by atoms with Gasteiger partial charge in [0.15, 0.2) is 0 Å². The maximum absolute atomic E-state index is 11.9. The van der Waals surface area contributed by atoms with Crippen LogP contribution in [-0.4, -0.2) is 49.7 Å². The molecule has 0 aromatic carbocycles. The predicted molar refractivity (Wildman–Crippen MR) is 74.1 cm³/mol. The molecule has 0 aromatic rings. The normalized spacial score (nSPS) is 27.9. The summed E-state index contributed by atoms with van der Waals surface area (Å²) in [5, 5.41) is 3.22. The Morgan fingerprint density at radius 1 is 1.39 bits per heavy atom. The van der Waals surface area contributed by atoms with Crippen LogP contribution in [0.5, 0.6) is 0 Å². The van der Waals surface area contributed by atoms with Gasteiger partial charge in [0, 0.05) is 26.2 Å². The summed E-state index contributed by atoms with van der Waals surface area (Å²) < 4.78 is 5.51. The Kier molecular flexibility index (Phi) is 6.97. The monoisotopic (exact) mass is 276 g/mol. The molecule has 4 nitrogen and oxygen atoms in total. The standard InChI is InChI=1S/C13H24N2O2.ClH/c1-11-4-2-6-15(10-11)13(16)9-14-8-12-5-3-7-17-12;/h11-12,14H,2-10H2,1H3;1H. The van der Waals surface area contributed by atoms with Gasteiger partial charge in [0.1, 0.15) is 0 Å². The molecule has 106 valence electrons. The third-order valence-electron chi connectivity index (χ3n) is 3.68. The van der Waals surface area contributed by atoms with Crippen molar-refractivity contribution >= 4 is 18.3 Å². The molecular formula is C13H25ClN2O2. The molecule has 2 heterocycles. The van der Waals surface area contributed by atoms with E-state index in [9.17, 15) is 4.79 Å². The molecule has 2 aliphatic rings. The Bertz CT molecular complexity index is 257. The minimum absolute atomic E-state index is 0. The van der Waals surface area contributed by atoms with E-state index in [0.29, 0.717) is 18.6 Å². The first-order valence-electron chi connectivity index (χ1n) is 6.86. The number of rotatable bonds is 4. The van der Waals surface area contributed by atoms with Crippen molar-refractivity contribution in [2.24, 2.45) is 5.92 Å². The van der Waals surface area contributed by atoms with Gasteiger partial charge in [-0.1, -0.05) is 6.92 Å². The lowest BCUT2D eigenvalue weighted by Gasteiger charge is -2.31. The van der Waals surface area contributed by atoms with Crippen molar-refractivity contribution < 1.29 is 9.53 Å². The minimum Gasteiger partial charge on any atom is -0.377 e. The van der Waals surface area contributed by atoms with Crippen LogP contribution in [0.3, 0.4) is 0 Å². The van der Waals surface area contributed by atoms with Crippen LogP contribution in [0.2, 0.25) is 0 Å². The second kappa shape index (κ2) is 7.97. The number of amides is 1. The fourth-order valence-electron chi connectivity index (χ4n) is 2.67. The maximum atomic E-state index is 11.9. The minimum atomic E-state index is 0. The average molecular weight is 277 g/mol. The molecular weight excluding hydrogens is 252 g/mol. The van der Waals surface area contributed by atoms with Crippen LogP contribution < -0.4 is 5.32 Å². The van der Waals surface area contributed by atoms with Gasteiger partial charge in [-0.3, -0.25) is 4.79 Å². The number of hydrogen-bond acceptors (Lipinski definition) is 3. The van der Waals surface area contributed by atoms with Gasteiger partial charge in [-0.15, -0.1) is 12.4 Å². The maximum Gasteiger partial charge on any atom is 0.236 e. The first-order valence-corrected chi connectivity index (χ1v) is 6.86. The van der Waals surface area contributed by atoms with E-state index < -0.39 is 0 Å². The third kappa shape index (κ3) is 4.75. The third-order valence-corrected chi connectivity index (χ3v) is 3.68. The predicted octanol–water partition coefficient (Wildman–Crippen LogP) is 1.44. The summed E-state index contributed by atoms with van der Waals surface area (Å²) in [5.74, 6) is 0.903. The summed E-state index contributed by atoms with van der Waals surface area (Å²) in [7, 11) is 0. The second-order valence-electron chi connectivity index (χ2n) is 5.35. The molecule has 2 saturated heterocycles. The number of likely N-dealkylation sites (tertiary alicyclic amines) is 1. The SMILES string of the molecule is CC1CCCN(C(=O)CNCC2CCCO2)C1.Cl. The van der Waals surface area contributed by atoms with Gasteiger partial charge in [-0.25, -0.2) is 0 Å². The number of carbonyl (C=O) groups is 1. The molecule has 1 amide bonds. The zero-order valence-corrected chi connectivity index (χ0v) is 12.0. The van der Waals surface area contributed by atoms with E-state index in [1.165, 1.54) is 6.42 Å². The molecule has 18 heavy (non-hydrogen) atoms. The zero-order chi connectivity index (χ0) is 12.1. The van der Waals surface area contributed by atoms with E-state index in [-0.39, 0.29) is 18.3 Å². The van der Waals surface area contributed by atoms with Crippen LogP contribution in [0, 0.1) is 5.92 Å². The molecule has 2 aliphatic heterocycles. The van der Waals surface area contributed by atoms with Crippen molar-refractivity contribution in [2.75, 3.05) is 32.8 Å². The number of ether oxygens (including phenoxy) is 1. The molecule has 0 aliphatic carbocycles. The van der Waals surface area contributed by atoms with E-state index in [2.05, 4.69) is 12.2 Å². The largest absolute Gasteiger partial charge is 0.377 e. The molecule has 0 aromatic heterocycles. The highest BCUT2D eigenvalue weighted by atomic mass is 35.5. The highest BCUT2D eigenvalue weighted by molar-refractivity contribution is 5.85. The van der Waals surface area contributed by atoms with Gasteiger partial charge < -0.3 is 15.0 Å². The van der Waals surface area contributed by atoms with Crippen molar-refractivity contribution in [2.45, 2.75) is 38.7 Å². The average Bonchev–Trinajstić information content (AvgIpc) is 2.82. The fourth-order valence-corrected chi connectivity index (χ4v) is 2.67. The zero-order valence-electron chi connectivity index (χ0n) is 11.2. The summed E-state index contributed by atoms with van der Waals surface area (Å²) in [6, 6.07) is 0. The van der Waals surface area contributed by atoms with Crippen molar-refractivity contribution in [1.82, 2.24) is 10.2 Å². The van der Waals surface area contributed by atoms with Crippen molar-refractivity contribution in [3.63, 3.8) is 0 Å². The van der Waals surface area contributed by atoms with Crippen LogP contribution in [-0.2, 0) is 9.53 Å². The highest BCUT2D eigenvalue weighted by Crippen LogP contribution is 2.15. The van der Waals surface area contributed by atoms with E-state index in [1.807, 2.05) is 4.90 Å². The smallest absolute Gasteiger partial charge is 0.236 e. The summed E-state index contributed by atoms with van der Waals surface area (Å²) in [6.45, 7) is 6.25. The van der Waals surface area contributed by atoms with Crippen LogP contribution in [0.15, 0.2) is 0 Å². The summed E-state index contributed by atoms with van der Waals surface area (Å²) in [5.41, 5.74) is 0. The number of nitrogens with one attached hydrogen (secondary N) is 1. The van der Waals surface area contributed by atoms with Gasteiger partial charge in [0.05, 0.1) is 12.6 Å². The van der Waals surface area contributed by atoms with E-state index in [0.717, 1.165) is 45.5 Å². The Morgan fingerprint density at radius 3 is 2.89 bits per heavy atom. The molecule has 0 spiro atoms. The molecule has 0 radical (unpaired) electrons. The Labute approximate surface area is 116 Å². The topological polar surface area (TPSA) is 41.6 Å². The molecule has 0 saturated carbocycles. The number of carbonyl (C=O) groups excluding carboxylic acids is 1. The lowest BCUT2D eigenvalue weighted by Crippen LogP contribution is -2.44. The Balaban J connectivity index is 0.00000162. The lowest BCUT2D eigenvalue weighted by molar-refractivity contribution is -0.131. The van der Waals surface area contributed by atoms with Gasteiger partial charge in [0.2, 0.25) is 5.91 Å². The van der Waals surface area contributed by atoms with E-state index in [4.69, 9.17) is 4.74 Å². The van der Waals surface area contributed by atoms with Crippen molar-refractivity contribution in [3.05, 3.63) is 0 Å². The van der Waals surface area contributed by atoms with Gasteiger partial charge >= 0.3 is 0 Å². The van der Waals surface area contributed by atoms with E-state index in [1.54, 1.807) is 0 Å². The first kappa shape index (κ1) is 15.7. The molecule has 2 atom stereocenters. The summed E-state index contributed by atoms with van der Waals surface area (Å²) >= 11 is 0. The number of hydrogen-bond donors (Lipinski definition) is 1. The number of piperidine rings is 1. The van der Waals surface area contributed by atoms with Crippen molar-refractivity contribution in [1.29, 1.82) is 0 Å². The molecule has 2 fully saturated rings. The van der Waals surface area contributed by atoms with Crippen LogP contribution in [0.4, 0.5) is 0 Å². The molecule has 2 rings (SSSR count). The molecule has 5 heteroatoms. The second-order valence-corrected chi connectivity index (χ2v) is 5.35. The number of halogens is 1. The Hall–Kier alpha value is -0.320. The molecule has 2 unspecified atom stereocenters. The van der Waals surface area contributed by atoms with Crippen LogP contribution >= 0.6 is 12.4 Å². The van der Waals surface area contributed by atoms with Crippen LogP contribution in [0.1, 0.15) is 32.6 Å². The fraction of sp³-hybridized carbons (Fsp3) is 0.923. The summed E-state index contributed by atoms with van der Waals surface area (Å²) in [6.07, 6.45) is 5.01. The van der Waals surface area contributed by atoms with Crippen molar-refractivity contribution in [3.8, 4) is 0 Å². The summed E-state index contributed by atoms with van der Waals surface area (Å²) in [4.78, 5) is 13.9. The van der Waals surface area contributed by atoms with Gasteiger partial charge in [-0.2, -0.15) is 0 Å². The highest BCUT2D eigenvalue weighted by Gasteiger charge is 2.21. The quantitative estimate of drug-likeness (QED) is 0.845. The molecule has 1 N–H and O–H groups in total. The molecule has 0 bridgehead atoms. The number of nitrogens with zero attached hydrogens (tertiary/aromatic N) is 1. The van der Waals surface area contributed by atoms with Gasteiger partial charge in [0.25, 0.3) is 0 Å².